The van der Waals surface area contributed by atoms with Crippen LogP contribution in [0.1, 0.15) is 66.2 Å². The van der Waals surface area contributed by atoms with E-state index in [0.29, 0.717) is 23.0 Å². The molecule has 2 N–H and O–H groups in total. The van der Waals surface area contributed by atoms with Crippen molar-refractivity contribution < 1.29 is 67.6 Å². The van der Waals surface area contributed by atoms with Gasteiger partial charge in [0, 0.05) is 52.1 Å². The molecule has 2 fully saturated rings. The van der Waals surface area contributed by atoms with Gasteiger partial charge in [0.25, 0.3) is 23.6 Å². The molecule has 2 aliphatic heterocycles. The van der Waals surface area contributed by atoms with Gasteiger partial charge in [-0.05, 0) is 12.8 Å². The summed E-state index contributed by atoms with van der Waals surface area (Å²) in [5.74, 6) is -4.04. The van der Waals surface area contributed by atoms with Gasteiger partial charge < -0.3 is 38.8 Å². The van der Waals surface area contributed by atoms with Crippen molar-refractivity contribution in [1.29, 1.82) is 0 Å². The minimum absolute atomic E-state index is 0. The summed E-state index contributed by atoms with van der Waals surface area (Å²) in [6.45, 7) is 0.0453. The van der Waals surface area contributed by atoms with Crippen LogP contribution >= 0.6 is 0 Å². The zero-order valence-corrected chi connectivity index (χ0v) is 22.9. The molecular weight excluding hydrogens is 576 g/mol. The Hall–Kier alpha value is -3.02. The number of carbonyl (C=O) groups excluding carboxylic acids is 6. The van der Waals surface area contributed by atoms with E-state index in [1.807, 2.05) is 0 Å². The largest absolute Gasteiger partial charge is 0.396 e. The average Bonchev–Trinajstić information content (AvgIpc) is 3.44. The molecule has 0 bridgehead atoms. The standard InChI is InChI=1S/C25H38N2O14.2CH4/c28-9-1-11-36-15-25(16-37-12-2-10-29,17-38-13-7-23(34)40-26-19(30)3-4-20(26)31)18-39-14-8-24(35)41-27-21(32)5-6-22(27)33;;/h28-29H,1-18H2;2*1H4. The van der Waals surface area contributed by atoms with Crippen LogP contribution in [-0.2, 0) is 57.4 Å². The summed E-state index contributed by atoms with van der Waals surface area (Å²) in [5, 5.41) is 19.0. The fraction of sp³-hybridized carbons (Fsp3) is 0.778. The number of aliphatic hydroxyl groups is 2. The molecule has 0 aromatic rings. The number of carbonyl (C=O) groups is 6. The van der Waals surface area contributed by atoms with Crippen molar-refractivity contribution in [2.45, 2.75) is 66.2 Å². The molecule has 0 atom stereocenters. The van der Waals surface area contributed by atoms with Crippen LogP contribution in [0.15, 0.2) is 0 Å². The molecule has 248 valence electrons. The Morgan fingerprint density at radius 1 is 0.581 bits per heavy atom. The van der Waals surface area contributed by atoms with Gasteiger partial charge in [-0.15, -0.1) is 10.1 Å². The van der Waals surface area contributed by atoms with Gasteiger partial charge in [0.15, 0.2) is 0 Å². The maximum Gasteiger partial charge on any atom is 0.335 e. The molecule has 0 radical (unpaired) electrons. The van der Waals surface area contributed by atoms with Crippen LogP contribution in [0.4, 0.5) is 0 Å². The lowest BCUT2D eigenvalue weighted by Crippen LogP contribution is -2.42. The Morgan fingerprint density at radius 2 is 0.884 bits per heavy atom. The van der Waals surface area contributed by atoms with Gasteiger partial charge in [-0.3, -0.25) is 19.2 Å². The smallest absolute Gasteiger partial charge is 0.335 e. The maximum absolute atomic E-state index is 12.1. The van der Waals surface area contributed by atoms with E-state index in [1.54, 1.807) is 0 Å². The van der Waals surface area contributed by atoms with Crippen LogP contribution < -0.4 is 0 Å². The first kappa shape index (κ1) is 40.0. The van der Waals surface area contributed by atoms with Crippen molar-refractivity contribution in [3.8, 4) is 0 Å². The normalized spacial score (nSPS) is 15.0. The topological polar surface area (TPSA) is 205 Å². The number of hydroxylamine groups is 4. The molecule has 43 heavy (non-hydrogen) atoms. The fourth-order valence-corrected chi connectivity index (χ4v) is 3.66. The second kappa shape index (κ2) is 21.6. The summed E-state index contributed by atoms with van der Waals surface area (Å²) in [6, 6.07) is 0. The number of hydrogen-bond acceptors (Lipinski definition) is 14. The monoisotopic (exact) mass is 622 g/mol. The lowest BCUT2D eigenvalue weighted by molar-refractivity contribution is -0.198. The third-order valence-corrected chi connectivity index (χ3v) is 5.83. The second-order valence-corrected chi connectivity index (χ2v) is 9.45. The van der Waals surface area contributed by atoms with E-state index in [2.05, 4.69) is 0 Å². The first-order chi connectivity index (χ1) is 19.7. The molecule has 2 rings (SSSR count). The minimum Gasteiger partial charge on any atom is -0.396 e. The van der Waals surface area contributed by atoms with Gasteiger partial charge in [-0.25, -0.2) is 9.59 Å². The highest BCUT2D eigenvalue weighted by molar-refractivity contribution is 6.02. The number of aliphatic hydroxyl groups excluding tert-OH is 2. The minimum atomic E-state index is -0.944. The van der Waals surface area contributed by atoms with Gasteiger partial charge in [0.2, 0.25) is 0 Å². The van der Waals surface area contributed by atoms with Crippen LogP contribution in [0.25, 0.3) is 0 Å². The zero-order valence-electron chi connectivity index (χ0n) is 22.9. The predicted octanol–water partition coefficient (Wildman–Crippen LogP) is 0.0708. The number of amides is 4. The summed E-state index contributed by atoms with van der Waals surface area (Å²) in [7, 11) is 0. The lowest BCUT2D eigenvalue weighted by Gasteiger charge is -2.33. The molecule has 0 spiro atoms. The Morgan fingerprint density at radius 3 is 1.19 bits per heavy atom. The Kier molecular flexibility index (Phi) is 20.1. The molecule has 0 saturated carbocycles. The molecule has 2 heterocycles. The molecule has 16 nitrogen and oxygen atoms in total. The van der Waals surface area contributed by atoms with E-state index < -0.39 is 41.0 Å². The van der Waals surface area contributed by atoms with E-state index in [1.165, 1.54) is 0 Å². The molecule has 0 unspecified atom stereocenters. The van der Waals surface area contributed by atoms with Crippen molar-refractivity contribution in [3.63, 3.8) is 0 Å². The molecule has 0 aromatic carbocycles. The molecule has 16 heteroatoms. The van der Waals surface area contributed by atoms with E-state index in [0.717, 1.165) is 0 Å². The van der Waals surface area contributed by atoms with Crippen LogP contribution in [0, 0.1) is 5.41 Å². The number of ether oxygens (including phenoxy) is 4. The van der Waals surface area contributed by atoms with Crippen molar-refractivity contribution in [2.75, 3.05) is 66.1 Å². The first-order valence-corrected chi connectivity index (χ1v) is 13.4. The molecule has 2 saturated heterocycles. The third-order valence-electron chi connectivity index (χ3n) is 5.83. The highest BCUT2D eigenvalue weighted by atomic mass is 16.7. The molecule has 0 aromatic heterocycles. The van der Waals surface area contributed by atoms with E-state index in [-0.39, 0.29) is 119 Å². The zero-order chi connectivity index (χ0) is 30.1. The van der Waals surface area contributed by atoms with Crippen molar-refractivity contribution in [2.24, 2.45) is 5.41 Å². The summed E-state index contributed by atoms with van der Waals surface area (Å²) >= 11 is 0. The molecule has 0 aliphatic carbocycles. The highest BCUT2D eigenvalue weighted by Gasteiger charge is 2.35. The number of hydrogen-bond donors (Lipinski definition) is 2. The average molecular weight is 623 g/mol. The Bertz CT molecular complexity index is 808. The number of rotatable bonds is 22. The maximum atomic E-state index is 12.1. The molecular formula is C27H46N2O14. The molecule has 2 aliphatic rings. The van der Waals surface area contributed by atoms with Gasteiger partial charge in [0.05, 0.1) is 57.9 Å². The van der Waals surface area contributed by atoms with Crippen LogP contribution in [-0.4, -0.2) is 122 Å². The van der Waals surface area contributed by atoms with E-state index >= 15 is 0 Å². The van der Waals surface area contributed by atoms with Gasteiger partial charge in [0.1, 0.15) is 0 Å². The van der Waals surface area contributed by atoms with Crippen LogP contribution in [0.2, 0.25) is 0 Å². The summed E-state index contributed by atoms with van der Waals surface area (Å²) in [5.41, 5.74) is -0.944. The van der Waals surface area contributed by atoms with Gasteiger partial charge in [-0.1, -0.05) is 14.9 Å². The molecule has 4 amide bonds. The third kappa shape index (κ3) is 14.3. The van der Waals surface area contributed by atoms with E-state index in [4.69, 9.17) is 38.8 Å². The summed E-state index contributed by atoms with van der Waals surface area (Å²) < 4.78 is 22.7. The van der Waals surface area contributed by atoms with Crippen molar-refractivity contribution in [1.82, 2.24) is 10.1 Å². The van der Waals surface area contributed by atoms with E-state index in [9.17, 15) is 28.8 Å². The van der Waals surface area contributed by atoms with Crippen LogP contribution in [0.5, 0.6) is 0 Å². The lowest BCUT2D eigenvalue weighted by atomic mass is 9.92. The van der Waals surface area contributed by atoms with Crippen LogP contribution in [0.3, 0.4) is 0 Å². The second-order valence-electron chi connectivity index (χ2n) is 9.45. The quantitative estimate of drug-likeness (QED) is 0.121. The summed E-state index contributed by atoms with van der Waals surface area (Å²) in [6.07, 6.45) is 0.141. The van der Waals surface area contributed by atoms with Gasteiger partial charge in [-0.2, -0.15) is 0 Å². The summed E-state index contributed by atoms with van der Waals surface area (Å²) in [4.78, 5) is 80.3. The van der Waals surface area contributed by atoms with Gasteiger partial charge >= 0.3 is 11.9 Å². The number of imide groups is 2. The highest BCUT2D eigenvalue weighted by Crippen LogP contribution is 2.22. The van der Waals surface area contributed by atoms with Crippen molar-refractivity contribution >= 4 is 35.6 Å². The Labute approximate surface area is 251 Å². The van der Waals surface area contributed by atoms with Crippen molar-refractivity contribution in [3.05, 3.63) is 0 Å². The first-order valence-electron chi connectivity index (χ1n) is 13.4. The number of nitrogens with zero attached hydrogens (tertiary/aromatic N) is 2. The Balaban J connectivity index is 0.00000882. The fourth-order valence-electron chi connectivity index (χ4n) is 3.66. The SMILES string of the molecule is C.C.O=C(CCOCC(COCCCO)(COCCCO)COCCC(=O)ON1C(=O)CCC1=O)ON1C(=O)CCC1=O. The predicted molar refractivity (Wildman–Crippen MR) is 146 cm³/mol.